The summed E-state index contributed by atoms with van der Waals surface area (Å²) in [6, 6.07) is 13.7. The van der Waals surface area contributed by atoms with E-state index in [1.54, 1.807) is 24.4 Å². The first-order valence-electron chi connectivity index (χ1n) is 7.33. The highest BCUT2D eigenvalue weighted by Gasteiger charge is 2.18. The Morgan fingerprint density at radius 1 is 1.23 bits per heavy atom. The minimum absolute atomic E-state index is 0.0125. The van der Waals surface area contributed by atoms with Gasteiger partial charge in [0.05, 0.1) is 11.4 Å². The number of ether oxygens (including phenoxy) is 1. The topological polar surface area (TPSA) is 92.1 Å². The predicted octanol–water partition coefficient (Wildman–Crippen LogP) is 3.53. The summed E-state index contributed by atoms with van der Waals surface area (Å²) in [5.74, 6) is -0.716. The number of halogens is 1. The maximum atomic E-state index is 14.2. The maximum Gasteiger partial charge on any atom is 0.271 e. The number of aromatic nitrogens is 1. The average molecular weight is 389 g/mol. The van der Waals surface area contributed by atoms with Gasteiger partial charge in [0.1, 0.15) is 21.8 Å². The largest absolute Gasteiger partial charge is 0.484 e. The van der Waals surface area contributed by atoms with E-state index >= 15 is 0 Å². The molecule has 2 aromatic heterocycles. The van der Waals surface area contributed by atoms with Crippen LogP contribution in [0.25, 0.3) is 0 Å². The molecule has 6 nitrogen and oxygen atoms in total. The molecule has 2 heterocycles. The summed E-state index contributed by atoms with van der Waals surface area (Å²) < 4.78 is 46.3. The van der Waals surface area contributed by atoms with Crippen LogP contribution in [0.5, 0.6) is 5.75 Å². The Morgan fingerprint density at radius 3 is 2.73 bits per heavy atom. The Labute approximate surface area is 153 Å². The van der Waals surface area contributed by atoms with Crippen LogP contribution in [0.3, 0.4) is 0 Å². The maximum absolute atomic E-state index is 14.2. The Balaban J connectivity index is 1.72. The molecule has 0 amide bonds. The van der Waals surface area contributed by atoms with Gasteiger partial charge in [-0.25, -0.2) is 12.8 Å². The molecule has 0 bridgehead atoms. The standard InChI is InChI=1S/C17H12FN3O3S2/c18-15-9-12(21-26(22,23)17-7-5-14(10-19)25-17)4-6-16(15)24-11-13-3-1-2-8-20-13/h1-9,21H,11H2. The number of pyridine rings is 1. The third kappa shape index (κ3) is 4.17. The monoisotopic (exact) mass is 389 g/mol. The molecular weight excluding hydrogens is 377 g/mol. The van der Waals surface area contributed by atoms with Crippen molar-refractivity contribution < 1.29 is 17.5 Å². The first-order chi connectivity index (χ1) is 12.5. The van der Waals surface area contributed by atoms with Gasteiger partial charge in [-0.3, -0.25) is 9.71 Å². The van der Waals surface area contributed by atoms with Crippen LogP contribution < -0.4 is 9.46 Å². The molecule has 3 rings (SSSR count). The van der Waals surface area contributed by atoms with Crippen LogP contribution in [0, 0.1) is 17.1 Å². The highest BCUT2D eigenvalue weighted by molar-refractivity contribution is 7.94. The molecule has 0 aliphatic heterocycles. The van der Waals surface area contributed by atoms with Gasteiger partial charge < -0.3 is 4.74 Å². The number of hydrogen-bond acceptors (Lipinski definition) is 6. The van der Waals surface area contributed by atoms with Crippen LogP contribution in [0.1, 0.15) is 10.6 Å². The highest BCUT2D eigenvalue weighted by Crippen LogP contribution is 2.26. The van der Waals surface area contributed by atoms with Gasteiger partial charge in [0.25, 0.3) is 10.0 Å². The van der Waals surface area contributed by atoms with E-state index in [-0.39, 0.29) is 27.1 Å². The molecule has 0 fully saturated rings. The van der Waals surface area contributed by atoms with Crippen molar-refractivity contribution in [3.05, 3.63) is 71.1 Å². The van der Waals surface area contributed by atoms with Crippen molar-refractivity contribution >= 4 is 27.0 Å². The number of nitrogens with zero attached hydrogens (tertiary/aromatic N) is 2. The molecule has 0 aliphatic carbocycles. The molecule has 0 aliphatic rings. The first-order valence-corrected chi connectivity index (χ1v) is 9.63. The third-order valence-corrected chi connectivity index (χ3v) is 6.11. The van der Waals surface area contributed by atoms with E-state index in [2.05, 4.69) is 9.71 Å². The van der Waals surface area contributed by atoms with E-state index in [1.165, 1.54) is 24.3 Å². The zero-order valence-electron chi connectivity index (χ0n) is 13.2. The highest BCUT2D eigenvalue weighted by atomic mass is 32.2. The molecule has 26 heavy (non-hydrogen) atoms. The number of nitrogens with one attached hydrogen (secondary N) is 1. The summed E-state index contributed by atoms with van der Waals surface area (Å²) in [5, 5.41) is 8.78. The van der Waals surface area contributed by atoms with Gasteiger partial charge in [0.2, 0.25) is 0 Å². The summed E-state index contributed by atoms with van der Waals surface area (Å²) in [4.78, 5) is 4.34. The minimum atomic E-state index is -3.89. The summed E-state index contributed by atoms with van der Waals surface area (Å²) in [5.41, 5.74) is 0.697. The fourth-order valence-corrected chi connectivity index (χ4v) is 4.20. The van der Waals surface area contributed by atoms with Crippen molar-refractivity contribution in [2.45, 2.75) is 10.8 Å². The summed E-state index contributed by atoms with van der Waals surface area (Å²) >= 11 is 0.835. The van der Waals surface area contributed by atoms with E-state index in [0.717, 1.165) is 17.4 Å². The zero-order chi connectivity index (χ0) is 18.6. The predicted molar refractivity (Wildman–Crippen MR) is 94.8 cm³/mol. The molecular formula is C17H12FN3O3S2. The van der Waals surface area contributed by atoms with Gasteiger partial charge in [-0.15, -0.1) is 11.3 Å². The van der Waals surface area contributed by atoms with Crippen LogP contribution in [0.15, 0.2) is 58.9 Å². The summed E-state index contributed by atoms with van der Waals surface area (Å²) in [6.07, 6.45) is 1.61. The van der Waals surface area contributed by atoms with Crippen LogP contribution in [-0.2, 0) is 16.6 Å². The van der Waals surface area contributed by atoms with Gasteiger partial charge in [-0.05, 0) is 36.4 Å². The van der Waals surface area contributed by atoms with Crippen LogP contribution >= 0.6 is 11.3 Å². The Kier molecular flexibility index (Phi) is 5.16. The molecule has 1 N–H and O–H groups in total. The quantitative estimate of drug-likeness (QED) is 0.696. The Morgan fingerprint density at radius 2 is 2.08 bits per heavy atom. The van der Waals surface area contributed by atoms with Crippen molar-refractivity contribution in [2.75, 3.05) is 4.72 Å². The summed E-state index contributed by atoms with van der Waals surface area (Å²) in [7, 11) is -3.89. The molecule has 0 radical (unpaired) electrons. The van der Waals surface area contributed by atoms with Gasteiger partial charge in [-0.1, -0.05) is 6.07 Å². The second-order valence-electron chi connectivity index (χ2n) is 5.09. The Bertz CT molecular complexity index is 1060. The summed E-state index contributed by atoms with van der Waals surface area (Å²) in [6.45, 7) is 0.0922. The van der Waals surface area contributed by atoms with E-state index in [0.29, 0.717) is 5.69 Å². The van der Waals surface area contributed by atoms with Gasteiger partial charge in [0, 0.05) is 12.3 Å². The van der Waals surface area contributed by atoms with E-state index < -0.39 is 15.8 Å². The van der Waals surface area contributed by atoms with Crippen LogP contribution in [0.2, 0.25) is 0 Å². The smallest absolute Gasteiger partial charge is 0.271 e. The van der Waals surface area contributed by atoms with Crippen LogP contribution in [-0.4, -0.2) is 13.4 Å². The normalized spacial score (nSPS) is 10.9. The van der Waals surface area contributed by atoms with Crippen molar-refractivity contribution in [1.82, 2.24) is 4.98 Å². The van der Waals surface area contributed by atoms with E-state index in [1.807, 2.05) is 6.07 Å². The SMILES string of the molecule is N#Cc1ccc(S(=O)(=O)Nc2ccc(OCc3ccccn3)c(F)c2)s1. The second-order valence-corrected chi connectivity index (χ2v) is 8.08. The van der Waals surface area contributed by atoms with Gasteiger partial charge >= 0.3 is 0 Å². The molecule has 0 unspecified atom stereocenters. The number of benzene rings is 1. The molecule has 0 saturated carbocycles. The van der Waals surface area contributed by atoms with E-state index in [9.17, 15) is 12.8 Å². The zero-order valence-corrected chi connectivity index (χ0v) is 14.8. The van der Waals surface area contributed by atoms with Crippen molar-refractivity contribution in [2.24, 2.45) is 0 Å². The Hall–Kier alpha value is -2.96. The lowest BCUT2D eigenvalue weighted by Gasteiger charge is -2.10. The van der Waals surface area contributed by atoms with Crippen molar-refractivity contribution in [3.8, 4) is 11.8 Å². The van der Waals surface area contributed by atoms with Crippen molar-refractivity contribution in [1.29, 1.82) is 5.26 Å². The number of anilines is 1. The molecule has 132 valence electrons. The lowest BCUT2D eigenvalue weighted by Crippen LogP contribution is -2.11. The minimum Gasteiger partial charge on any atom is -0.484 e. The third-order valence-electron chi connectivity index (χ3n) is 3.24. The molecule has 1 aromatic carbocycles. The first kappa shape index (κ1) is 17.8. The molecule has 3 aromatic rings. The number of nitriles is 1. The fraction of sp³-hybridized carbons (Fsp3) is 0.0588. The number of rotatable bonds is 6. The number of hydrogen-bond donors (Lipinski definition) is 1. The molecule has 0 spiro atoms. The second kappa shape index (κ2) is 7.51. The lowest BCUT2D eigenvalue weighted by atomic mass is 10.3. The lowest BCUT2D eigenvalue weighted by molar-refractivity contribution is 0.286. The van der Waals surface area contributed by atoms with Gasteiger partial charge in [0.15, 0.2) is 11.6 Å². The fourth-order valence-electron chi connectivity index (χ4n) is 2.05. The van der Waals surface area contributed by atoms with Crippen LogP contribution in [0.4, 0.5) is 10.1 Å². The molecule has 0 saturated heterocycles. The average Bonchev–Trinajstić information content (AvgIpc) is 3.12. The molecule has 0 atom stereocenters. The molecule has 9 heteroatoms. The van der Waals surface area contributed by atoms with Crippen molar-refractivity contribution in [3.63, 3.8) is 0 Å². The van der Waals surface area contributed by atoms with Gasteiger partial charge in [-0.2, -0.15) is 5.26 Å². The number of sulfonamides is 1. The van der Waals surface area contributed by atoms with E-state index in [4.69, 9.17) is 10.00 Å². The number of thiophene rings is 1.